The van der Waals surface area contributed by atoms with E-state index in [4.69, 9.17) is 0 Å². The van der Waals surface area contributed by atoms with Crippen molar-refractivity contribution >= 4 is 21.4 Å². The van der Waals surface area contributed by atoms with Gasteiger partial charge in [0.15, 0.2) is 21.5 Å². The molecule has 2 aromatic carbocycles. The van der Waals surface area contributed by atoms with E-state index >= 15 is 0 Å². The highest BCUT2D eigenvalue weighted by Crippen LogP contribution is 2.22. The molecule has 0 aromatic heterocycles. The summed E-state index contributed by atoms with van der Waals surface area (Å²) >= 11 is 0. The fraction of sp³-hybridized carbons (Fsp3) is 0.235. The maximum Gasteiger partial charge on any atom is 0.224 e. The molecule has 0 aliphatic carbocycles. The summed E-state index contributed by atoms with van der Waals surface area (Å²) in [5.41, 5.74) is 0.702. The zero-order chi connectivity index (χ0) is 17.7. The average Bonchev–Trinajstić information content (AvgIpc) is 2.56. The molecule has 0 aliphatic rings. The van der Waals surface area contributed by atoms with E-state index < -0.39 is 27.4 Å². The molecule has 128 valence electrons. The molecule has 1 amide bonds. The third-order valence-corrected chi connectivity index (χ3v) is 5.29. The Kier molecular flexibility index (Phi) is 5.66. The van der Waals surface area contributed by atoms with Gasteiger partial charge in [-0.25, -0.2) is 17.2 Å². The first-order valence-corrected chi connectivity index (χ1v) is 9.04. The lowest BCUT2D eigenvalue weighted by Crippen LogP contribution is -2.16. The molecule has 2 rings (SSSR count). The molecular formula is C17H17F2NO3S. The van der Waals surface area contributed by atoms with Gasteiger partial charge in [-0.15, -0.1) is 0 Å². The molecule has 0 bridgehead atoms. The maximum absolute atomic E-state index is 13.1. The van der Waals surface area contributed by atoms with Crippen molar-refractivity contribution in [3.05, 3.63) is 59.7 Å². The first-order valence-electron chi connectivity index (χ1n) is 7.39. The lowest BCUT2D eigenvalue weighted by molar-refractivity contribution is -0.116. The highest BCUT2D eigenvalue weighted by atomic mass is 32.2. The molecule has 0 radical (unpaired) electrons. The lowest BCUT2D eigenvalue weighted by atomic mass is 10.1. The number of anilines is 1. The van der Waals surface area contributed by atoms with Crippen LogP contribution in [0.4, 0.5) is 14.5 Å². The third-order valence-electron chi connectivity index (χ3n) is 3.50. The van der Waals surface area contributed by atoms with Gasteiger partial charge in [-0.2, -0.15) is 0 Å². The van der Waals surface area contributed by atoms with Crippen molar-refractivity contribution in [3.63, 3.8) is 0 Å². The van der Waals surface area contributed by atoms with Crippen LogP contribution in [0.5, 0.6) is 0 Å². The van der Waals surface area contributed by atoms with Crippen molar-refractivity contribution in [2.75, 3.05) is 11.1 Å². The van der Waals surface area contributed by atoms with Gasteiger partial charge in [-0.1, -0.05) is 25.1 Å². The summed E-state index contributed by atoms with van der Waals surface area (Å²) in [5, 5.41) is 2.56. The number of hydrogen-bond acceptors (Lipinski definition) is 3. The number of para-hydroxylation sites is 1. The van der Waals surface area contributed by atoms with Gasteiger partial charge in [0.2, 0.25) is 5.91 Å². The maximum atomic E-state index is 13.1. The molecule has 0 saturated carbocycles. The Hall–Kier alpha value is -2.28. The van der Waals surface area contributed by atoms with Crippen molar-refractivity contribution in [3.8, 4) is 0 Å². The highest BCUT2D eigenvalue weighted by molar-refractivity contribution is 7.91. The van der Waals surface area contributed by atoms with E-state index in [9.17, 15) is 22.0 Å². The molecule has 1 N–H and O–H groups in total. The summed E-state index contributed by atoms with van der Waals surface area (Å²) in [6.07, 6.45) is 0.233. The second-order valence-electron chi connectivity index (χ2n) is 5.20. The Morgan fingerprint density at radius 1 is 1.08 bits per heavy atom. The number of aryl methyl sites for hydroxylation is 1. The van der Waals surface area contributed by atoms with Gasteiger partial charge in [0.05, 0.1) is 16.3 Å². The average molecular weight is 353 g/mol. The number of nitrogens with one attached hydrogen (secondary N) is 1. The quantitative estimate of drug-likeness (QED) is 0.866. The molecule has 2 aromatic rings. The minimum absolute atomic E-state index is 0.0194. The second kappa shape index (κ2) is 7.53. The number of carbonyl (C=O) groups is 1. The molecular weight excluding hydrogens is 336 g/mol. The van der Waals surface area contributed by atoms with Crippen LogP contribution in [0.1, 0.15) is 18.9 Å². The Morgan fingerprint density at radius 2 is 1.79 bits per heavy atom. The van der Waals surface area contributed by atoms with Gasteiger partial charge in [-0.3, -0.25) is 4.79 Å². The first-order chi connectivity index (χ1) is 11.3. The molecule has 24 heavy (non-hydrogen) atoms. The van der Waals surface area contributed by atoms with Gasteiger partial charge < -0.3 is 5.32 Å². The summed E-state index contributed by atoms with van der Waals surface area (Å²) < 4.78 is 50.0. The second-order valence-corrected chi connectivity index (χ2v) is 7.44. The van der Waals surface area contributed by atoms with E-state index in [2.05, 4.69) is 5.32 Å². The van der Waals surface area contributed by atoms with Crippen LogP contribution >= 0.6 is 0 Å². The van der Waals surface area contributed by atoms with Crippen molar-refractivity contribution in [2.45, 2.75) is 24.7 Å². The minimum Gasteiger partial charge on any atom is -0.325 e. The van der Waals surface area contributed by atoms with Crippen molar-refractivity contribution < 1.29 is 22.0 Å². The SMILES string of the molecule is CCS(=O)(=O)c1ccccc1NC(=O)CCc1ccc(F)c(F)c1. The van der Waals surface area contributed by atoms with E-state index in [1.165, 1.54) is 25.1 Å². The predicted octanol–water partition coefficient (Wildman–Crippen LogP) is 3.33. The summed E-state index contributed by atoms with van der Waals surface area (Å²) in [4.78, 5) is 12.1. The molecule has 0 atom stereocenters. The topological polar surface area (TPSA) is 63.2 Å². The number of amides is 1. The smallest absolute Gasteiger partial charge is 0.224 e. The Balaban J connectivity index is 2.07. The monoisotopic (exact) mass is 353 g/mol. The summed E-state index contributed by atoms with van der Waals surface area (Å²) in [6, 6.07) is 9.60. The minimum atomic E-state index is -3.46. The van der Waals surface area contributed by atoms with Gasteiger partial charge in [0.25, 0.3) is 0 Å². The molecule has 4 nitrogen and oxygen atoms in total. The Bertz CT molecular complexity index is 851. The number of hydrogen-bond donors (Lipinski definition) is 1. The van der Waals surface area contributed by atoms with E-state index in [0.717, 1.165) is 12.1 Å². The van der Waals surface area contributed by atoms with Gasteiger partial charge >= 0.3 is 0 Å². The standard InChI is InChI=1S/C17H17F2NO3S/c1-2-24(22,23)16-6-4-3-5-15(16)20-17(21)10-8-12-7-9-13(18)14(19)11-12/h3-7,9,11H,2,8,10H2,1H3,(H,20,21). The van der Waals surface area contributed by atoms with Crippen LogP contribution in [-0.2, 0) is 21.1 Å². The summed E-state index contributed by atoms with van der Waals surface area (Å²) in [7, 11) is -3.46. The normalized spacial score (nSPS) is 11.3. The van der Waals surface area contributed by atoms with E-state index in [-0.39, 0.29) is 29.2 Å². The van der Waals surface area contributed by atoms with Crippen LogP contribution in [0.2, 0.25) is 0 Å². The number of sulfone groups is 1. The van der Waals surface area contributed by atoms with E-state index in [0.29, 0.717) is 5.56 Å². The molecule has 0 unspecified atom stereocenters. The summed E-state index contributed by atoms with van der Waals surface area (Å²) in [6.45, 7) is 1.52. The third kappa shape index (κ3) is 4.38. The Labute approximate surface area is 139 Å². The van der Waals surface area contributed by atoms with Crippen LogP contribution in [0.15, 0.2) is 47.4 Å². The van der Waals surface area contributed by atoms with Crippen LogP contribution in [0, 0.1) is 11.6 Å². The van der Waals surface area contributed by atoms with Gasteiger partial charge in [0.1, 0.15) is 0 Å². The van der Waals surface area contributed by atoms with Gasteiger partial charge in [-0.05, 0) is 36.2 Å². The number of benzene rings is 2. The molecule has 0 saturated heterocycles. The zero-order valence-electron chi connectivity index (χ0n) is 13.1. The van der Waals surface area contributed by atoms with Crippen molar-refractivity contribution in [1.82, 2.24) is 0 Å². The molecule has 0 spiro atoms. The van der Waals surface area contributed by atoms with Crippen molar-refractivity contribution in [1.29, 1.82) is 0 Å². The zero-order valence-corrected chi connectivity index (χ0v) is 13.9. The molecule has 7 heteroatoms. The summed E-state index contributed by atoms with van der Waals surface area (Å²) in [5.74, 6) is -2.39. The fourth-order valence-electron chi connectivity index (χ4n) is 2.16. The van der Waals surface area contributed by atoms with Crippen LogP contribution in [-0.4, -0.2) is 20.1 Å². The van der Waals surface area contributed by atoms with E-state index in [1.54, 1.807) is 12.1 Å². The molecule has 0 aliphatic heterocycles. The lowest BCUT2D eigenvalue weighted by Gasteiger charge is -2.11. The Morgan fingerprint density at radius 3 is 2.46 bits per heavy atom. The fourth-order valence-corrected chi connectivity index (χ4v) is 3.21. The van der Waals surface area contributed by atoms with Gasteiger partial charge in [0, 0.05) is 6.42 Å². The molecule has 0 fully saturated rings. The number of halogens is 2. The predicted molar refractivity (Wildman–Crippen MR) is 87.5 cm³/mol. The first kappa shape index (κ1) is 18.1. The molecule has 0 heterocycles. The highest BCUT2D eigenvalue weighted by Gasteiger charge is 2.17. The van der Waals surface area contributed by atoms with Crippen molar-refractivity contribution in [2.24, 2.45) is 0 Å². The largest absolute Gasteiger partial charge is 0.325 e. The van der Waals surface area contributed by atoms with Crippen LogP contribution in [0.3, 0.4) is 0 Å². The number of carbonyl (C=O) groups excluding carboxylic acids is 1. The van der Waals surface area contributed by atoms with Crippen LogP contribution < -0.4 is 5.32 Å². The van der Waals surface area contributed by atoms with Crippen LogP contribution in [0.25, 0.3) is 0 Å². The number of rotatable bonds is 6. The van der Waals surface area contributed by atoms with E-state index in [1.807, 2.05) is 0 Å².